The van der Waals surface area contributed by atoms with Crippen molar-refractivity contribution in [2.24, 2.45) is 0 Å². The molecule has 0 radical (unpaired) electrons. The minimum Gasteiger partial charge on any atom is -0.497 e. The Hall–Kier alpha value is -2.24. The van der Waals surface area contributed by atoms with E-state index < -0.39 is 0 Å². The minimum absolute atomic E-state index is 0.882. The quantitative estimate of drug-likeness (QED) is 0.726. The minimum atomic E-state index is 0.882. The first-order valence-electron chi connectivity index (χ1n) is 5.97. The fourth-order valence-corrected chi connectivity index (χ4v) is 1.64. The highest BCUT2D eigenvalue weighted by Gasteiger charge is 1.91. The third kappa shape index (κ3) is 3.65. The van der Waals surface area contributed by atoms with E-state index in [4.69, 9.17) is 4.74 Å². The normalized spacial score (nSPS) is 9.39. The van der Waals surface area contributed by atoms with E-state index in [1.165, 1.54) is 11.1 Å². The molecular weight excluding hydrogens is 220 g/mol. The smallest absolute Gasteiger partial charge is 0.118 e. The van der Waals surface area contributed by atoms with Crippen molar-refractivity contribution in [3.05, 3.63) is 77.5 Å². The summed E-state index contributed by atoms with van der Waals surface area (Å²) in [6, 6.07) is 18.3. The molecule has 2 aromatic rings. The van der Waals surface area contributed by atoms with Crippen LogP contribution in [0.3, 0.4) is 0 Å². The summed E-state index contributed by atoms with van der Waals surface area (Å²) in [6.07, 6.45) is 4.91. The third-order valence-corrected chi connectivity index (χ3v) is 2.66. The van der Waals surface area contributed by atoms with Crippen LogP contribution in [-0.2, 0) is 6.42 Å². The molecule has 2 rings (SSSR count). The number of hydrogen-bond donors (Lipinski definition) is 0. The van der Waals surface area contributed by atoms with E-state index >= 15 is 0 Å². The number of hydrogen-bond acceptors (Lipinski definition) is 1. The summed E-state index contributed by atoms with van der Waals surface area (Å²) in [4.78, 5) is 0. The first kappa shape index (κ1) is 12.2. The van der Waals surface area contributed by atoms with Gasteiger partial charge in [0.1, 0.15) is 5.75 Å². The Morgan fingerprint density at radius 2 is 1.72 bits per heavy atom. The van der Waals surface area contributed by atoms with Crippen molar-refractivity contribution in [2.45, 2.75) is 6.42 Å². The fourth-order valence-electron chi connectivity index (χ4n) is 1.64. The third-order valence-electron chi connectivity index (χ3n) is 2.66. The summed E-state index contributed by atoms with van der Waals surface area (Å²) in [6.45, 7) is 0. The molecule has 0 heterocycles. The Morgan fingerprint density at radius 1 is 1.00 bits per heavy atom. The van der Waals surface area contributed by atoms with E-state index in [0.29, 0.717) is 0 Å². The average molecular weight is 236 g/mol. The molecule has 1 nitrogen and oxygen atoms in total. The van der Waals surface area contributed by atoms with Crippen LogP contribution in [0.25, 0.3) is 6.08 Å². The topological polar surface area (TPSA) is 9.23 Å². The molecule has 0 atom stereocenters. The van der Waals surface area contributed by atoms with Crippen molar-refractivity contribution in [1.29, 1.82) is 0 Å². The van der Waals surface area contributed by atoms with Crippen molar-refractivity contribution < 1.29 is 4.74 Å². The maximum atomic E-state index is 5.12. The van der Waals surface area contributed by atoms with Crippen LogP contribution in [0.15, 0.2) is 66.4 Å². The number of rotatable bonds is 4. The van der Waals surface area contributed by atoms with Gasteiger partial charge in [-0.1, -0.05) is 42.5 Å². The van der Waals surface area contributed by atoms with Gasteiger partial charge in [-0.25, -0.2) is 0 Å². The predicted molar refractivity (Wildman–Crippen MR) is 75.7 cm³/mol. The monoisotopic (exact) mass is 236 g/mol. The van der Waals surface area contributed by atoms with Crippen LogP contribution >= 0.6 is 0 Å². The molecule has 0 spiro atoms. The van der Waals surface area contributed by atoms with Crippen molar-refractivity contribution in [2.75, 3.05) is 7.11 Å². The molecule has 90 valence electrons. The van der Waals surface area contributed by atoms with Crippen LogP contribution in [0.1, 0.15) is 11.1 Å². The van der Waals surface area contributed by atoms with Gasteiger partial charge in [0.25, 0.3) is 0 Å². The lowest BCUT2D eigenvalue weighted by Crippen LogP contribution is -1.83. The molecule has 0 unspecified atom stereocenters. The molecule has 1 heteroatoms. The zero-order valence-corrected chi connectivity index (χ0v) is 10.5. The molecule has 0 aliphatic rings. The van der Waals surface area contributed by atoms with Gasteiger partial charge in [0.2, 0.25) is 0 Å². The lowest BCUT2D eigenvalue weighted by atomic mass is 10.1. The molecule has 0 saturated carbocycles. The lowest BCUT2D eigenvalue weighted by Gasteiger charge is -1.99. The largest absolute Gasteiger partial charge is 0.497 e. The predicted octanol–water partition coefficient (Wildman–Crippen LogP) is 4.11. The van der Waals surface area contributed by atoms with E-state index in [2.05, 4.69) is 30.0 Å². The molecule has 0 bridgehead atoms. The van der Waals surface area contributed by atoms with Gasteiger partial charge in [0.05, 0.1) is 7.11 Å². The van der Waals surface area contributed by atoms with Crippen molar-refractivity contribution in [3.8, 4) is 5.75 Å². The number of benzene rings is 2. The zero-order valence-electron chi connectivity index (χ0n) is 10.5. The molecule has 0 aliphatic heterocycles. The lowest BCUT2D eigenvalue weighted by molar-refractivity contribution is 0.414. The molecule has 0 fully saturated rings. The van der Waals surface area contributed by atoms with Gasteiger partial charge < -0.3 is 4.74 Å². The second kappa shape index (κ2) is 6.48. The second-order valence-electron chi connectivity index (χ2n) is 3.98. The number of methoxy groups -OCH3 is 1. The molecule has 0 N–H and O–H groups in total. The van der Waals surface area contributed by atoms with Crippen molar-refractivity contribution >= 4 is 6.08 Å². The first-order chi connectivity index (χ1) is 8.88. The van der Waals surface area contributed by atoms with Gasteiger partial charge in [-0.05, 0) is 41.8 Å². The fraction of sp³-hybridized carbons (Fsp3) is 0.118. The molecule has 18 heavy (non-hydrogen) atoms. The Bertz CT molecular complexity index is 532. The van der Waals surface area contributed by atoms with E-state index in [1.807, 2.05) is 42.5 Å². The Labute approximate surface area is 108 Å². The van der Waals surface area contributed by atoms with Crippen LogP contribution in [-0.4, -0.2) is 7.11 Å². The molecule has 0 aliphatic carbocycles. The van der Waals surface area contributed by atoms with Crippen LogP contribution in [0.2, 0.25) is 0 Å². The molecular formula is C17H16O. The highest BCUT2D eigenvalue weighted by molar-refractivity contribution is 5.48. The maximum absolute atomic E-state index is 5.12. The van der Waals surface area contributed by atoms with E-state index in [-0.39, 0.29) is 0 Å². The Morgan fingerprint density at radius 3 is 2.39 bits per heavy atom. The summed E-state index contributed by atoms with van der Waals surface area (Å²) < 4.78 is 5.12. The molecule has 0 amide bonds. The van der Waals surface area contributed by atoms with E-state index in [1.54, 1.807) is 7.11 Å². The van der Waals surface area contributed by atoms with Crippen molar-refractivity contribution in [3.63, 3.8) is 0 Å². The Balaban J connectivity index is 1.96. The van der Waals surface area contributed by atoms with Crippen LogP contribution < -0.4 is 4.74 Å². The highest BCUT2D eigenvalue weighted by Crippen LogP contribution is 2.11. The van der Waals surface area contributed by atoms with Gasteiger partial charge in [-0.3, -0.25) is 0 Å². The van der Waals surface area contributed by atoms with Crippen LogP contribution in [0.4, 0.5) is 0 Å². The average Bonchev–Trinajstić information content (AvgIpc) is 2.45. The van der Waals surface area contributed by atoms with E-state index in [9.17, 15) is 0 Å². The van der Waals surface area contributed by atoms with Gasteiger partial charge in [0, 0.05) is 0 Å². The maximum Gasteiger partial charge on any atom is 0.118 e. The first-order valence-corrected chi connectivity index (χ1v) is 5.97. The number of ether oxygens (including phenoxy) is 1. The standard InChI is InChI=1S/C17H16O/c1-18-17-13-11-16(12-14-17)10-6-5-9-15-7-3-2-4-8-15/h2-4,6-9,11-14H,10H2,1H3. The van der Waals surface area contributed by atoms with Gasteiger partial charge in [-0.15, -0.1) is 5.73 Å². The van der Waals surface area contributed by atoms with Gasteiger partial charge >= 0.3 is 0 Å². The molecule has 0 saturated heterocycles. The van der Waals surface area contributed by atoms with Crippen LogP contribution in [0.5, 0.6) is 5.75 Å². The van der Waals surface area contributed by atoms with Crippen LogP contribution in [0, 0.1) is 0 Å². The summed E-state index contributed by atoms with van der Waals surface area (Å²) in [5.41, 5.74) is 5.62. The van der Waals surface area contributed by atoms with Gasteiger partial charge in [-0.2, -0.15) is 0 Å². The summed E-state index contributed by atoms with van der Waals surface area (Å²) >= 11 is 0. The number of allylic oxidation sites excluding steroid dienone is 1. The summed E-state index contributed by atoms with van der Waals surface area (Å²) in [7, 11) is 1.68. The second-order valence-corrected chi connectivity index (χ2v) is 3.98. The summed E-state index contributed by atoms with van der Waals surface area (Å²) in [5.74, 6) is 0.891. The molecule has 2 aromatic carbocycles. The zero-order chi connectivity index (χ0) is 12.6. The van der Waals surface area contributed by atoms with E-state index in [0.717, 1.165) is 12.2 Å². The SMILES string of the molecule is COc1ccc(CC=C=Cc2ccccc2)cc1. The van der Waals surface area contributed by atoms with Gasteiger partial charge in [0.15, 0.2) is 0 Å². The Kier molecular flexibility index (Phi) is 4.40. The van der Waals surface area contributed by atoms with Crippen molar-refractivity contribution in [1.82, 2.24) is 0 Å². The highest BCUT2D eigenvalue weighted by atomic mass is 16.5. The molecule has 0 aromatic heterocycles. The summed E-state index contributed by atoms with van der Waals surface area (Å²) in [5, 5.41) is 0.